The Morgan fingerprint density at radius 1 is 1.00 bits per heavy atom. The lowest BCUT2D eigenvalue weighted by Gasteiger charge is -2.16. The van der Waals surface area contributed by atoms with Crippen LogP contribution >= 0.6 is 43.2 Å². The van der Waals surface area contributed by atoms with Crippen molar-refractivity contribution in [3.8, 4) is 17.2 Å². The molecule has 114 valence electrons. The summed E-state index contributed by atoms with van der Waals surface area (Å²) < 4.78 is 17.3. The minimum atomic E-state index is 0.0706. The number of hydrogen-bond donors (Lipinski definition) is 0. The first-order chi connectivity index (χ1) is 10.0. The molecule has 0 aliphatic rings. The molecule has 1 unspecified atom stereocenters. The summed E-state index contributed by atoms with van der Waals surface area (Å²) in [5, 5.41) is 0. The monoisotopic (exact) mass is 434 g/mol. The molecule has 1 heterocycles. The molecule has 0 aliphatic heterocycles. The van der Waals surface area contributed by atoms with E-state index in [1.807, 2.05) is 12.1 Å². The van der Waals surface area contributed by atoms with Crippen molar-refractivity contribution in [2.24, 2.45) is 0 Å². The molecule has 0 amide bonds. The first kappa shape index (κ1) is 16.6. The lowest BCUT2D eigenvalue weighted by Crippen LogP contribution is -1.98. The highest BCUT2D eigenvalue weighted by molar-refractivity contribution is 9.11. The van der Waals surface area contributed by atoms with E-state index in [1.165, 1.54) is 10.4 Å². The zero-order chi connectivity index (χ0) is 15.6. The molecule has 0 aliphatic carbocycles. The maximum absolute atomic E-state index is 5.40. The molecule has 0 spiro atoms. The van der Waals surface area contributed by atoms with E-state index in [0.717, 1.165) is 9.35 Å². The van der Waals surface area contributed by atoms with Gasteiger partial charge in [0.1, 0.15) is 0 Å². The lowest BCUT2D eigenvalue weighted by atomic mass is 10.1. The molecule has 0 saturated heterocycles. The number of halogens is 2. The molecule has 6 heteroatoms. The van der Waals surface area contributed by atoms with E-state index in [9.17, 15) is 0 Å². The smallest absolute Gasteiger partial charge is 0.203 e. The van der Waals surface area contributed by atoms with Crippen molar-refractivity contribution in [3.05, 3.63) is 38.0 Å². The van der Waals surface area contributed by atoms with Gasteiger partial charge in [-0.1, -0.05) is 15.9 Å². The minimum Gasteiger partial charge on any atom is -0.493 e. The second kappa shape index (κ2) is 7.03. The van der Waals surface area contributed by atoms with Crippen molar-refractivity contribution >= 4 is 43.2 Å². The van der Waals surface area contributed by atoms with Crippen LogP contribution in [0.4, 0.5) is 0 Å². The summed E-state index contributed by atoms with van der Waals surface area (Å²) in [6.45, 7) is 2.08. The van der Waals surface area contributed by atoms with Crippen molar-refractivity contribution in [2.75, 3.05) is 21.3 Å². The molecule has 1 aromatic carbocycles. The third kappa shape index (κ3) is 3.38. The molecular weight excluding hydrogens is 420 g/mol. The fourth-order valence-corrected chi connectivity index (χ4v) is 4.27. The number of alkyl halides is 1. The van der Waals surface area contributed by atoms with Gasteiger partial charge in [-0.25, -0.2) is 0 Å². The predicted molar refractivity (Wildman–Crippen MR) is 93.6 cm³/mol. The van der Waals surface area contributed by atoms with E-state index in [1.54, 1.807) is 32.7 Å². The quantitative estimate of drug-likeness (QED) is 0.594. The number of thiophene rings is 1. The second-order valence-corrected chi connectivity index (χ2v) is 7.74. The number of ether oxygens (including phenoxy) is 3. The van der Waals surface area contributed by atoms with Crippen molar-refractivity contribution in [1.82, 2.24) is 0 Å². The predicted octanol–water partition coefficient (Wildman–Crippen LogP) is 5.33. The van der Waals surface area contributed by atoms with Crippen LogP contribution < -0.4 is 14.2 Å². The van der Waals surface area contributed by atoms with Crippen LogP contribution in [0.15, 0.2) is 22.0 Å². The molecule has 0 saturated carbocycles. The summed E-state index contributed by atoms with van der Waals surface area (Å²) in [4.78, 5) is 1.29. The average Bonchev–Trinajstić information content (AvgIpc) is 2.84. The standard InChI is InChI=1S/C15H16Br2O3S/c1-8-5-12(21-15(8)17)13(16)9-6-10(18-2)14(20-4)11(7-9)19-3/h5-7,13H,1-4H3. The Morgan fingerprint density at radius 2 is 1.57 bits per heavy atom. The average molecular weight is 436 g/mol. The van der Waals surface area contributed by atoms with Gasteiger partial charge in [-0.3, -0.25) is 0 Å². The van der Waals surface area contributed by atoms with Gasteiger partial charge in [0.2, 0.25) is 5.75 Å². The third-order valence-electron chi connectivity index (χ3n) is 3.11. The Bertz CT molecular complexity index is 595. The third-order valence-corrected chi connectivity index (χ3v) is 6.63. The van der Waals surface area contributed by atoms with Crippen LogP contribution in [0.25, 0.3) is 0 Å². The van der Waals surface area contributed by atoms with Crippen LogP contribution in [-0.4, -0.2) is 21.3 Å². The largest absolute Gasteiger partial charge is 0.493 e. The second-order valence-electron chi connectivity index (χ2n) is 4.43. The topological polar surface area (TPSA) is 27.7 Å². The van der Waals surface area contributed by atoms with Crippen LogP contribution in [0.1, 0.15) is 20.8 Å². The SMILES string of the molecule is COc1cc(C(Br)c2cc(C)c(Br)s2)cc(OC)c1OC. The zero-order valence-corrected chi connectivity index (χ0v) is 16.2. The summed E-state index contributed by atoms with van der Waals surface area (Å²) >= 11 is 9.03. The van der Waals surface area contributed by atoms with Gasteiger partial charge >= 0.3 is 0 Å². The van der Waals surface area contributed by atoms with Gasteiger partial charge in [0.05, 0.1) is 29.9 Å². The molecule has 0 fully saturated rings. The van der Waals surface area contributed by atoms with Crippen LogP contribution in [0, 0.1) is 6.92 Å². The summed E-state index contributed by atoms with van der Waals surface area (Å²) in [6, 6.07) is 6.09. The summed E-state index contributed by atoms with van der Waals surface area (Å²) in [5.74, 6) is 1.92. The number of rotatable bonds is 5. The van der Waals surface area contributed by atoms with Gasteiger partial charge in [0, 0.05) is 4.88 Å². The Labute approximate surface area is 145 Å². The van der Waals surface area contributed by atoms with Crippen molar-refractivity contribution < 1.29 is 14.2 Å². The van der Waals surface area contributed by atoms with Crippen LogP contribution in [0.5, 0.6) is 17.2 Å². The Kier molecular flexibility index (Phi) is 5.57. The fourth-order valence-electron chi connectivity index (χ4n) is 2.02. The number of aryl methyl sites for hydroxylation is 1. The maximum Gasteiger partial charge on any atom is 0.203 e. The molecule has 0 radical (unpaired) electrons. The fraction of sp³-hybridized carbons (Fsp3) is 0.333. The van der Waals surface area contributed by atoms with Crippen molar-refractivity contribution in [2.45, 2.75) is 11.8 Å². The number of methoxy groups -OCH3 is 3. The van der Waals surface area contributed by atoms with E-state index in [-0.39, 0.29) is 4.83 Å². The Balaban J connectivity index is 2.48. The van der Waals surface area contributed by atoms with Gasteiger partial charge in [-0.05, 0) is 52.2 Å². The van der Waals surface area contributed by atoms with Crippen LogP contribution in [-0.2, 0) is 0 Å². The van der Waals surface area contributed by atoms with Gasteiger partial charge in [-0.15, -0.1) is 11.3 Å². The van der Waals surface area contributed by atoms with Gasteiger partial charge < -0.3 is 14.2 Å². The van der Waals surface area contributed by atoms with Crippen molar-refractivity contribution in [1.29, 1.82) is 0 Å². The van der Waals surface area contributed by atoms with E-state index >= 15 is 0 Å². The Morgan fingerprint density at radius 3 is 1.95 bits per heavy atom. The minimum absolute atomic E-state index is 0.0706. The normalized spacial score (nSPS) is 12.1. The Hall–Kier alpha value is -0.720. The molecule has 1 aromatic heterocycles. The highest BCUT2D eigenvalue weighted by Gasteiger charge is 2.20. The molecule has 3 nitrogen and oxygen atoms in total. The zero-order valence-electron chi connectivity index (χ0n) is 12.2. The van der Waals surface area contributed by atoms with E-state index in [4.69, 9.17) is 14.2 Å². The molecule has 1 atom stereocenters. The lowest BCUT2D eigenvalue weighted by molar-refractivity contribution is 0.324. The van der Waals surface area contributed by atoms with Crippen molar-refractivity contribution in [3.63, 3.8) is 0 Å². The van der Waals surface area contributed by atoms with Gasteiger partial charge in [0.25, 0.3) is 0 Å². The number of hydrogen-bond acceptors (Lipinski definition) is 4. The molecule has 0 N–H and O–H groups in total. The molecule has 2 aromatic rings. The highest BCUT2D eigenvalue weighted by atomic mass is 79.9. The highest BCUT2D eigenvalue weighted by Crippen LogP contribution is 2.45. The molecule has 0 bridgehead atoms. The summed E-state index contributed by atoms with van der Waals surface area (Å²) in [6.07, 6.45) is 0. The molecule has 21 heavy (non-hydrogen) atoms. The van der Waals surface area contributed by atoms with E-state index < -0.39 is 0 Å². The first-order valence-electron chi connectivity index (χ1n) is 6.21. The maximum atomic E-state index is 5.40. The van der Waals surface area contributed by atoms with Gasteiger partial charge in [0.15, 0.2) is 11.5 Å². The summed E-state index contributed by atoms with van der Waals surface area (Å²) in [5.41, 5.74) is 2.28. The summed E-state index contributed by atoms with van der Waals surface area (Å²) in [7, 11) is 4.85. The van der Waals surface area contributed by atoms with Crippen LogP contribution in [0.3, 0.4) is 0 Å². The van der Waals surface area contributed by atoms with E-state index in [2.05, 4.69) is 44.8 Å². The number of benzene rings is 1. The molecule has 2 rings (SSSR count). The van der Waals surface area contributed by atoms with Crippen LogP contribution in [0.2, 0.25) is 0 Å². The first-order valence-corrected chi connectivity index (χ1v) is 8.74. The molecular formula is C15H16Br2O3S. The van der Waals surface area contributed by atoms with Gasteiger partial charge in [-0.2, -0.15) is 0 Å². The van der Waals surface area contributed by atoms with E-state index in [0.29, 0.717) is 17.2 Å².